The van der Waals surface area contributed by atoms with Gasteiger partial charge in [0.15, 0.2) is 0 Å². The standard InChI is InChI=1S/C17H13Cl2N5O2/c1-10-2-3-12(19)8-14(10)23-17-15(24(25)26)16(20-9-21-17)22-13-6-4-11(18)5-7-13/h2-9H,1H3,(H2,20,21,22,23). The predicted octanol–water partition coefficient (Wildman–Crippen LogP) is 5.49. The van der Waals surface area contributed by atoms with Crippen LogP contribution in [-0.2, 0) is 0 Å². The first-order chi connectivity index (χ1) is 12.4. The number of benzene rings is 2. The summed E-state index contributed by atoms with van der Waals surface area (Å²) in [5.41, 5.74) is 1.83. The summed E-state index contributed by atoms with van der Waals surface area (Å²) in [5, 5.41) is 18.6. The Morgan fingerprint density at radius 2 is 1.58 bits per heavy atom. The van der Waals surface area contributed by atoms with Crippen molar-refractivity contribution >= 4 is 51.9 Å². The van der Waals surface area contributed by atoms with Gasteiger partial charge in [0.25, 0.3) is 0 Å². The van der Waals surface area contributed by atoms with E-state index in [0.29, 0.717) is 21.4 Å². The van der Waals surface area contributed by atoms with Crippen molar-refractivity contribution in [3.05, 3.63) is 74.5 Å². The Hall–Kier alpha value is -2.90. The third-order valence-electron chi connectivity index (χ3n) is 3.56. The number of nitrogens with one attached hydrogen (secondary N) is 2. The molecule has 0 fully saturated rings. The van der Waals surface area contributed by atoms with Crippen molar-refractivity contribution in [3.63, 3.8) is 0 Å². The van der Waals surface area contributed by atoms with Gasteiger partial charge >= 0.3 is 5.69 Å². The lowest BCUT2D eigenvalue weighted by atomic mass is 10.2. The fourth-order valence-corrected chi connectivity index (χ4v) is 2.56. The molecule has 0 aliphatic carbocycles. The minimum absolute atomic E-state index is 0.0619. The van der Waals surface area contributed by atoms with Gasteiger partial charge in [-0.2, -0.15) is 0 Å². The fraction of sp³-hybridized carbons (Fsp3) is 0.0588. The lowest BCUT2D eigenvalue weighted by molar-refractivity contribution is -0.383. The van der Waals surface area contributed by atoms with Gasteiger partial charge in [-0.25, -0.2) is 9.97 Å². The van der Waals surface area contributed by atoms with E-state index in [1.54, 1.807) is 36.4 Å². The van der Waals surface area contributed by atoms with E-state index in [1.165, 1.54) is 6.33 Å². The number of hydrogen-bond acceptors (Lipinski definition) is 6. The molecule has 0 aliphatic heterocycles. The zero-order chi connectivity index (χ0) is 18.7. The summed E-state index contributed by atoms with van der Waals surface area (Å²) in [4.78, 5) is 19.1. The van der Waals surface area contributed by atoms with E-state index in [0.717, 1.165) is 5.56 Å². The smallest absolute Gasteiger partial charge is 0.334 e. The van der Waals surface area contributed by atoms with Crippen LogP contribution in [0, 0.1) is 17.0 Å². The molecular weight excluding hydrogens is 377 g/mol. The maximum atomic E-state index is 11.6. The lowest BCUT2D eigenvalue weighted by Crippen LogP contribution is -2.06. The summed E-state index contributed by atoms with van der Waals surface area (Å²) >= 11 is 11.9. The summed E-state index contributed by atoms with van der Waals surface area (Å²) in [7, 11) is 0. The average Bonchev–Trinajstić information content (AvgIpc) is 2.60. The Morgan fingerprint density at radius 3 is 2.23 bits per heavy atom. The predicted molar refractivity (Wildman–Crippen MR) is 103 cm³/mol. The number of anilines is 4. The van der Waals surface area contributed by atoms with E-state index in [9.17, 15) is 10.1 Å². The molecule has 0 atom stereocenters. The zero-order valence-corrected chi connectivity index (χ0v) is 15.0. The van der Waals surface area contributed by atoms with Gasteiger partial charge in [-0.1, -0.05) is 29.3 Å². The molecule has 7 nitrogen and oxygen atoms in total. The van der Waals surface area contributed by atoms with Gasteiger partial charge in [0.2, 0.25) is 11.6 Å². The third-order valence-corrected chi connectivity index (χ3v) is 4.05. The highest BCUT2D eigenvalue weighted by atomic mass is 35.5. The van der Waals surface area contributed by atoms with E-state index in [2.05, 4.69) is 20.6 Å². The Bertz CT molecular complexity index is 964. The van der Waals surface area contributed by atoms with Gasteiger partial charge in [-0.3, -0.25) is 10.1 Å². The van der Waals surface area contributed by atoms with Gasteiger partial charge < -0.3 is 10.6 Å². The Morgan fingerprint density at radius 1 is 0.962 bits per heavy atom. The molecule has 0 unspecified atom stereocenters. The van der Waals surface area contributed by atoms with E-state index < -0.39 is 4.92 Å². The second-order valence-corrected chi connectivity index (χ2v) is 6.27. The van der Waals surface area contributed by atoms with Crippen LogP contribution < -0.4 is 10.6 Å². The van der Waals surface area contributed by atoms with Crippen molar-refractivity contribution in [1.29, 1.82) is 0 Å². The highest BCUT2D eigenvalue weighted by Gasteiger charge is 2.23. The highest BCUT2D eigenvalue weighted by molar-refractivity contribution is 6.31. The van der Waals surface area contributed by atoms with Crippen LogP contribution in [-0.4, -0.2) is 14.9 Å². The summed E-state index contributed by atoms with van der Waals surface area (Å²) in [6, 6.07) is 12.0. The Kier molecular flexibility index (Phi) is 5.20. The van der Waals surface area contributed by atoms with Crippen molar-refractivity contribution in [2.75, 3.05) is 10.6 Å². The number of rotatable bonds is 5. The van der Waals surface area contributed by atoms with Gasteiger partial charge in [-0.15, -0.1) is 0 Å². The summed E-state index contributed by atoms with van der Waals surface area (Å²) < 4.78 is 0. The molecule has 3 aromatic rings. The Balaban J connectivity index is 1.99. The van der Waals surface area contributed by atoms with Crippen LogP contribution in [0.1, 0.15) is 5.56 Å². The molecular formula is C17H13Cl2N5O2. The van der Waals surface area contributed by atoms with Crippen LogP contribution >= 0.6 is 23.2 Å². The van der Waals surface area contributed by atoms with E-state index in [1.807, 2.05) is 13.0 Å². The number of nitro groups is 1. The molecule has 0 spiro atoms. The molecule has 3 rings (SSSR count). The normalized spacial score (nSPS) is 10.4. The summed E-state index contributed by atoms with van der Waals surface area (Å²) in [6.45, 7) is 1.86. The van der Waals surface area contributed by atoms with Crippen LogP contribution in [0.5, 0.6) is 0 Å². The Labute approximate surface area is 159 Å². The molecule has 9 heteroatoms. The minimum atomic E-state index is -0.541. The molecule has 0 saturated carbocycles. The largest absolute Gasteiger partial charge is 0.353 e. The maximum absolute atomic E-state index is 11.6. The van der Waals surface area contributed by atoms with Gasteiger partial charge in [0.1, 0.15) is 6.33 Å². The second kappa shape index (κ2) is 7.55. The number of aryl methyl sites for hydroxylation is 1. The van der Waals surface area contributed by atoms with Crippen molar-refractivity contribution in [3.8, 4) is 0 Å². The van der Waals surface area contributed by atoms with Crippen LogP contribution in [0.3, 0.4) is 0 Å². The molecule has 132 valence electrons. The van der Waals surface area contributed by atoms with E-state index in [4.69, 9.17) is 23.2 Å². The zero-order valence-electron chi connectivity index (χ0n) is 13.5. The molecule has 0 amide bonds. The monoisotopic (exact) mass is 389 g/mol. The molecule has 1 heterocycles. The van der Waals surface area contributed by atoms with Gasteiger partial charge in [0.05, 0.1) is 4.92 Å². The fourth-order valence-electron chi connectivity index (χ4n) is 2.26. The quantitative estimate of drug-likeness (QED) is 0.442. The van der Waals surface area contributed by atoms with E-state index in [-0.39, 0.29) is 17.3 Å². The van der Waals surface area contributed by atoms with Crippen molar-refractivity contribution in [2.45, 2.75) is 6.92 Å². The van der Waals surface area contributed by atoms with Crippen molar-refractivity contribution < 1.29 is 4.92 Å². The van der Waals surface area contributed by atoms with E-state index >= 15 is 0 Å². The number of aromatic nitrogens is 2. The maximum Gasteiger partial charge on any atom is 0.353 e. The van der Waals surface area contributed by atoms with Crippen molar-refractivity contribution in [1.82, 2.24) is 9.97 Å². The van der Waals surface area contributed by atoms with Crippen molar-refractivity contribution in [2.24, 2.45) is 0 Å². The van der Waals surface area contributed by atoms with Gasteiger partial charge in [0, 0.05) is 21.4 Å². The molecule has 0 saturated heterocycles. The molecule has 2 N–H and O–H groups in total. The number of halogens is 2. The second-order valence-electron chi connectivity index (χ2n) is 5.39. The van der Waals surface area contributed by atoms with Crippen LogP contribution in [0.2, 0.25) is 10.0 Å². The molecule has 0 bridgehead atoms. The number of hydrogen-bond donors (Lipinski definition) is 2. The highest BCUT2D eigenvalue weighted by Crippen LogP contribution is 2.34. The molecule has 2 aromatic carbocycles. The van der Waals surface area contributed by atoms with Crippen LogP contribution in [0.4, 0.5) is 28.7 Å². The molecule has 26 heavy (non-hydrogen) atoms. The molecule has 1 aromatic heterocycles. The van der Waals surface area contributed by atoms with Crippen LogP contribution in [0.15, 0.2) is 48.8 Å². The lowest BCUT2D eigenvalue weighted by Gasteiger charge is -2.12. The van der Waals surface area contributed by atoms with Gasteiger partial charge in [-0.05, 0) is 48.9 Å². The summed E-state index contributed by atoms with van der Waals surface area (Å²) in [5.74, 6) is 0.126. The topological polar surface area (TPSA) is 93.0 Å². The third kappa shape index (κ3) is 4.01. The minimum Gasteiger partial charge on any atom is -0.334 e. The molecule has 0 aliphatic rings. The first-order valence-electron chi connectivity index (χ1n) is 7.49. The first kappa shape index (κ1) is 17.9. The summed E-state index contributed by atoms with van der Waals surface area (Å²) in [6.07, 6.45) is 1.24. The van der Waals surface area contributed by atoms with Crippen LogP contribution in [0.25, 0.3) is 0 Å². The SMILES string of the molecule is Cc1ccc(Cl)cc1Nc1ncnc(Nc2ccc(Cl)cc2)c1[N+](=O)[O-]. The average molecular weight is 390 g/mol. The first-order valence-corrected chi connectivity index (χ1v) is 8.25. The number of nitrogens with zero attached hydrogens (tertiary/aromatic N) is 3. The molecule has 0 radical (unpaired) electrons.